The quantitative estimate of drug-likeness (QED) is 0.860. The van der Waals surface area contributed by atoms with Crippen LogP contribution in [0.15, 0.2) is 18.2 Å². The van der Waals surface area contributed by atoms with Gasteiger partial charge in [-0.1, -0.05) is 31.4 Å². The molecule has 1 saturated carbocycles. The van der Waals surface area contributed by atoms with Crippen LogP contribution in [0.4, 0.5) is 0 Å². The molecule has 2 N–H and O–H groups in total. The predicted molar refractivity (Wildman–Crippen MR) is 97.7 cm³/mol. The van der Waals surface area contributed by atoms with Crippen LogP contribution in [0.25, 0.3) is 0 Å². The lowest BCUT2D eigenvalue weighted by Gasteiger charge is -2.37. The number of ether oxygens (including phenoxy) is 1. The van der Waals surface area contributed by atoms with Crippen LogP contribution in [0.5, 0.6) is 5.75 Å². The first-order chi connectivity index (χ1) is 12.0. The molecule has 3 rings (SSSR count). The zero-order chi connectivity index (χ0) is 17.9. The summed E-state index contributed by atoms with van der Waals surface area (Å²) in [6, 6.07) is 6.09. The van der Waals surface area contributed by atoms with Gasteiger partial charge >= 0.3 is 0 Å². The van der Waals surface area contributed by atoms with E-state index >= 15 is 0 Å². The van der Waals surface area contributed by atoms with Crippen LogP contribution in [-0.4, -0.2) is 48.3 Å². The first-order valence-electron chi connectivity index (χ1n) is 9.42. The van der Waals surface area contributed by atoms with Crippen LogP contribution in [0.3, 0.4) is 0 Å². The topological polar surface area (TPSA) is 61.8 Å². The van der Waals surface area contributed by atoms with Crippen LogP contribution in [0.2, 0.25) is 0 Å². The van der Waals surface area contributed by atoms with E-state index in [2.05, 4.69) is 18.3 Å². The standard InChI is InChI=1S/C20H30N2O3/c1-15-19-16(7-6-8-17(19)25-2)9-12-22(15)18(23)13-21-14-20(24)10-4-3-5-11-20/h6-8,15,21,24H,3-5,9-14H2,1-2H3. The van der Waals surface area contributed by atoms with Crippen molar-refractivity contribution in [2.24, 2.45) is 0 Å². The summed E-state index contributed by atoms with van der Waals surface area (Å²) >= 11 is 0. The Morgan fingerprint density at radius 2 is 2.12 bits per heavy atom. The minimum Gasteiger partial charge on any atom is -0.496 e. The van der Waals surface area contributed by atoms with Gasteiger partial charge in [0.15, 0.2) is 0 Å². The summed E-state index contributed by atoms with van der Waals surface area (Å²) < 4.78 is 5.50. The number of rotatable bonds is 5. The molecule has 5 heteroatoms. The maximum Gasteiger partial charge on any atom is 0.237 e. The van der Waals surface area contributed by atoms with Gasteiger partial charge in [-0.15, -0.1) is 0 Å². The molecule has 2 aliphatic rings. The van der Waals surface area contributed by atoms with Gasteiger partial charge in [0, 0.05) is 18.7 Å². The van der Waals surface area contributed by atoms with Crippen molar-refractivity contribution in [3.63, 3.8) is 0 Å². The van der Waals surface area contributed by atoms with Crippen molar-refractivity contribution in [3.8, 4) is 5.75 Å². The molecule has 0 aromatic heterocycles. The number of fused-ring (bicyclic) bond motifs is 1. The molecule has 0 bridgehead atoms. The maximum atomic E-state index is 12.7. The van der Waals surface area contributed by atoms with E-state index in [0.717, 1.165) is 50.0 Å². The Hall–Kier alpha value is -1.59. The van der Waals surface area contributed by atoms with Crippen molar-refractivity contribution in [2.75, 3.05) is 26.7 Å². The van der Waals surface area contributed by atoms with Crippen molar-refractivity contribution >= 4 is 5.91 Å². The lowest BCUT2D eigenvalue weighted by atomic mass is 9.85. The number of hydrogen-bond acceptors (Lipinski definition) is 4. The number of aliphatic hydroxyl groups is 1. The Balaban J connectivity index is 1.59. The molecule has 138 valence electrons. The summed E-state index contributed by atoms with van der Waals surface area (Å²) in [7, 11) is 1.68. The summed E-state index contributed by atoms with van der Waals surface area (Å²) in [6.45, 7) is 3.57. The Morgan fingerprint density at radius 1 is 1.36 bits per heavy atom. The fourth-order valence-electron chi connectivity index (χ4n) is 4.28. The molecule has 1 amide bonds. The molecule has 1 aromatic rings. The number of hydrogen-bond donors (Lipinski definition) is 2. The third-order valence-corrected chi connectivity index (χ3v) is 5.72. The SMILES string of the molecule is COc1cccc2c1C(C)N(C(=O)CNCC1(O)CCCCC1)CC2. The van der Waals surface area contributed by atoms with E-state index in [0.29, 0.717) is 6.54 Å². The molecule has 1 fully saturated rings. The van der Waals surface area contributed by atoms with Crippen molar-refractivity contribution < 1.29 is 14.6 Å². The maximum absolute atomic E-state index is 12.7. The molecule has 0 spiro atoms. The predicted octanol–water partition coefficient (Wildman–Crippen LogP) is 2.43. The van der Waals surface area contributed by atoms with E-state index in [9.17, 15) is 9.90 Å². The van der Waals surface area contributed by atoms with Crippen LogP contribution in [-0.2, 0) is 11.2 Å². The fraction of sp³-hybridized carbons (Fsp3) is 0.650. The van der Waals surface area contributed by atoms with Gasteiger partial charge in [-0.3, -0.25) is 4.79 Å². The Bertz CT molecular complexity index is 597. The van der Waals surface area contributed by atoms with Crippen LogP contribution in [0, 0.1) is 0 Å². The first kappa shape index (κ1) is 18.2. The van der Waals surface area contributed by atoms with E-state index in [1.807, 2.05) is 17.0 Å². The van der Waals surface area contributed by atoms with Gasteiger partial charge in [-0.2, -0.15) is 0 Å². The molecule has 25 heavy (non-hydrogen) atoms. The molecular formula is C20H30N2O3. The molecule has 1 aliphatic heterocycles. The van der Waals surface area contributed by atoms with Gasteiger partial charge < -0.3 is 20.1 Å². The number of carbonyl (C=O) groups excluding carboxylic acids is 1. The molecule has 1 aromatic carbocycles. The highest BCUT2D eigenvalue weighted by Crippen LogP contribution is 2.36. The van der Waals surface area contributed by atoms with E-state index in [1.54, 1.807) is 7.11 Å². The molecule has 1 atom stereocenters. The van der Waals surface area contributed by atoms with Crippen LogP contribution < -0.4 is 10.1 Å². The lowest BCUT2D eigenvalue weighted by molar-refractivity contribution is -0.133. The van der Waals surface area contributed by atoms with E-state index < -0.39 is 5.60 Å². The average molecular weight is 346 g/mol. The average Bonchev–Trinajstić information content (AvgIpc) is 2.62. The molecule has 1 aliphatic carbocycles. The van der Waals surface area contributed by atoms with Gasteiger partial charge in [0.25, 0.3) is 0 Å². The zero-order valence-corrected chi connectivity index (χ0v) is 15.4. The smallest absolute Gasteiger partial charge is 0.237 e. The van der Waals surface area contributed by atoms with E-state index in [4.69, 9.17) is 4.74 Å². The Labute approximate surface area is 150 Å². The molecule has 0 radical (unpaired) electrons. The second kappa shape index (κ2) is 7.75. The fourth-order valence-corrected chi connectivity index (χ4v) is 4.28. The number of carbonyl (C=O) groups is 1. The largest absolute Gasteiger partial charge is 0.496 e. The monoisotopic (exact) mass is 346 g/mol. The minimum atomic E-state index is -0.637. The van der Waals surface area contributed by atoms with Crippen molar-refractivity contribution in [3.05, 3.63) is 29.3 Å². The van der Waals surface area contributed by atoms with Crippen molar-refractivity contribution in [1.29, 1.82) is 0 Å². The third kappa shape index (κ3) is 3.98. The molecule has 0 saturated heterocycles. The number of nitrogens with zero attached hydrogens (tertiary/aromatic N) is 1. The summed E-state index contributed by atoms with van der Waals surface area (Å²) in [4.78, 5) is 14.6. The van der Waals surface area contributed by atoms with Crippen molar-refractivity contribution in [2.45, 2.75) is 57.1 Å². The third-order valence-electron chi connectivity index (χ3n) is 5.72. The molecule has 1 heterocycles. The van der Waals surface area contributed by atoms with E-state index in [-0.39, 0.29) is 18.5 Å². The molecular weight excluding hydrogens is 316 g/mol. The normalized spacial score (nSPS) is 22.4. The number of benzene rings is 1. The number of methoxy groups -OCH3 is 1. The summed E-state index contributed by atoms with van der Waals surface area (Å²) in [5.41, 5.74) is 1.75. The summed E-state index contributed by atoms with van der Waals surface area (Å²) in [5, 5.41) is 13.7. The Morgan fingerprint density at radius 3 is 2.84 bits per heavy atom. The van der Waals surface area contributed by atoms with E-state index in [1.165, 1.54) is 12.0 Å². The van der Waals surface area contributed by atoms with Gasteiger partial charge in [-0.25, -0.2) is 0 Å². The van der Waals surface area contributed by atoms with Crippen LogP contribution in [0.1, 0.15) is 56.2 Å². The number of amides is 1. The van der Waals surface area contributed by atoms with Crippen molar-refractivity contribution in [1.82, 2.24) is 10.2 Å². The summed E-state index contributed by atoms with van der Waals surface area (Å²) in [5.74, 6) is 0.940. The Kier molecular flexibility index (Phi) is 5.64. The second-order valence-corrected chi connectivity index (χ2v) is 7.43. The number of nitrogens with one attached hydrogen (secondary N) is 1. The lowest BCUT2D eigenvalue weighted by Crippen LogP contribution is -2.47. The summed E-state index contributed by atoms with van der Waals surface area (Å²) in [6.07, 6.45) is 5.87. The van der Waals surface area contributed by atoms with Gasteiger partial charge in [0.2, 0.25) is 5.91 Å². The molecule has 1 unspecified atom stereocenters. The second-order valence-electron chi connectivity index (χ2n) is 7.43. The zero-order valence-electron chi connectivity index (χ0n) is 15.4. The first-order valence-corrected chi connectivity index (χ1v) is 9.42. The van der Waals surface area contributed by atoms with Crippen LogP contribution >= 0.6 is 0 Å². The highest BCUT2D eigenvalue weighted by Gasteiger charge is 2.31. The molecule has 5 nitrogen and oxygen atoms in total. The highest BCUT2D eigenvalue weighted by molar-refractivity contribution is 5.79. The minimum absolute atomic E-state index is 0.00645. The van der Waals surface area contributed by atoms with Gasteiger partial charge in [-0.05, 0) is 37.8 Å². The van der Waals surface area contributed by atoms with Gasteiger partial charge in [0.05, 0.1) is 25.3 Å². The van der Waals surface area contributed by atoms with Gasteiger partial charge in [0.1, 0.15) is 5.75 Å². The highest BCUT2D eigenvalue weighted by atomic mass is 16.5.